The Balaban J connectivity index is 1.19. The molecule has 0 aromatic heterocycles. The molecule has 3 nitrogen and oxygen atoms in total. The smallest absolute Gasteiger partial charge is 0.0263 e. The van der Waals surface area contributed by atoms with Crippen LogP contribution in [0.2, 0.25) is 0 Å². The molecule has 3 aliphatic heterocycles. The number of piperidine rings is 1. The van der Waals surface area contributed by atoms with Gasteiger partial charge in [0.1, 0.15) is 0 Å². The van der Waals surface area contributed by atoms with E-state index in [-0.39, 0.29) is 0 Å². The molecule has 3 saturated heterocycles. The summed E-state index contributed by atoms with van der Waals surface area (Å²) in [4.78, 5) is 8.78. The van der Waals surface area contributed by atoms with Crippen LogP contribution in [-0.4, -0.2) is 70.1 Å². The first-order chi connectivity index (χ1) is 13.8. The number of hydrogen-bond donors (Lipinski definition) is 0. The Hall–Kier alpha value is -0.120. The SMILES string of the molecule is CC(C)N1CC2C(C1)C2C1CCC2(CC2C2CC3(CC3)CN2C(C)C)N1C(C)C. The summed E-state index contributed by atoms with van der Waals surface area (Å²) in [6.45, 7) is 18.9. The number of hydrogen-bond acceptors (Lipinski definition) is 3. The molecule has 3 heterocycles. The molecule has 3 heteroatoms. The van der Waals surface area contributed by atoms with Crippen molar-refractivity contribution >= 4 is 0 Å². The van der Waals surface area contributed by atoms with Gasteiger partial charge in [0.25, 0.3) is 0 Å². The van der Waals surface area contributed by atoms with Crippen LogP contribution >= 0.6 is 0 Å². The third kappa shape index (κ3) is 2.79. The summed E-state index contributed by atoms with van der Waals surface area (Å²) in [5, 5.41) is 0. The van der Waals surface area contributed by atoms with Crippen molar-refractivity contribution in [2.24, 2.45) is 29.1 Å². The molecule has 29 heavy (non-hydrogen) atoms. The number of fused-ring (bicyclic) bond motifs is 1. The normalized spacial score (nSPS) is 48.7. The minimum absolute atomic E-state index is 0.575. The van der Waals surface area contributed by atoms with Crippen LogP contribution in [0.25, 0.3) is 0 Å². The molecule has 0 amide bonds. The highest BCUT2D eigenvalue weighted by Gasteiger charge is 2.71. The predicted molar refractivity (Wildman–Crippen MR) is 120 cm³/mol. The molecule has 0 aromatic rings. The number of rotatable bonds is 5. The average molecular weight is 400 g/mol. The molecule has 2 spiro atoms. The summed E-state index contributed by atoms with van der Waals surface area (Å²) < 4.78 is 0. The molecule has 6 unspecified atom stereocenters. The molecular weight excluding hydrogens is 354 g/mol. The summed E-state index contributed by atoms with van der Waals surface area (Å²) in [6.07, 6.45) is 9.05. The van der Waals surface area contributed by atoms with Gasteiger partial charge < -0.3 is 4.90 Å². The third-order valence-electron chi connectivity index (χ3n) is 10.5. The molecule has 6 rings (SSSR count). The zero-order valence-electron chi connectivity index (χ0n) is 19.9. The Morgan fingerprint density at radius 2 is 1.45 bits per heavy atom. The van der Waals surface area contributed by atoms with Crippen LogP contribution < -0.4 is 0 Å². The Bertz CT molecular complexity index is 655. The first-order valence-corrected chi connectivity index (χ1v) is 13.0. The zero-order chi connectivity index (χ0) is 20.3. The Morgan fingerprint density at radius 3 is 2.00 bits per heavy atom. The van der Waals surface area contributed by atoms with E-state index in [1.807, 2.05) is 0 Å². The van der Waals surface area contributed by atoms with Gasteiger partial charge in [0.2, 0.25) is 0 Å². The maximum absolute atomic E-state index is 3.11. The van der Waals surface area contributed by atoms with Crippen molar-refractivity contribution in [1.29, 1.82) is 0 Å². The number of likely N-dealkylation sites (tertiary alicyclic amines) is 3. The maximum atomic E-state index is 3.11. The lowest BCUT2D eigenvalue weighted by atomic mass is 9.97. The highest BCUT2D eigenvalue weighted by atomic mass is 15.4. The van der Waals surface area contributed by atoms with Gasteiger partial charge >= 0.3 is 0 Å². The lowest BCUT2D eigenvalue weighted by Gasteiger charge is -2.38. The van der Waals surface area contributed by atoms with E-state index in [9.17, 15) is 0 Å². The van der Waals surface area contributed by atoms with E-state index >= 15 is 0 Å². The van der Waals surface area contributed by atoms with Crippen molar-refractivity contribution < 1.29 is 0 Å². The van der Waals surface area contributed by atoms with Crippen LogP contribution in [0.1, 0.15) is 80.1 Å². The minimum Gasteiger partial charge on any atom is -0.300 e. The highest BCUT2D eigenvalue weighted by Crippen LogP contribution is 2.68. The monoisotopic (exact) mass is 399 g/mol. The lowest BCUT2D eigenvalue weighted by Crippen LogP contribution is -2.48. The predicted octanol–water partition coefficient (Wildman–Crippen LogP) is 4.47. The Morgan fingerprint density at radius 1 is 0.759 bits per heavy atom. The molecule has 0 radical (unpaired) electrons. The standard InChI is InChI=1S/C26H45N3/c1-16(2)27-13-19-20(14-27)24(19)22-7-8-26(29(22)18(5)6)11-21(26)23-12-25(9-10-25)15-28(23)17(3)4/h16-24H,7-15H2,1-6H3. The second-order valence-electron chi connectivity index (χ2n) is 13.0. The van der Waals surface area contributed by atoms with Gasteiger partial charge in [0.05, 0.1) is 0 Å². The Kier molecular flexibility index (Phi) is 4.20. The van der Waals surface area contributed by atoms with E-state index < -0.39 is 0 Å². The van der Waals surface area contributed by atoms with Crippen LogP contribution in [0.15, 0.2) is 0 Å². The van der Waals surface area contributed by atoms with Crippen LogP contribution in [0, 0.1) is 29.1 Å². The Labute approximate surface area is 179 Å². The van der Waals surface area contributed by atoms with Gasteiger partial charge in [-0.15, -0.1) is 0 Å². The van der Waals surface area contributed by atoms with Gasteiger partial charge in [-0.05, 0) is 109 Å². The summed E-state index contributed by atoms with van der Waals surface area (Å²) in [6, 6.07) is 3.97. The first kappa shape index (κ1) is 19.6. The summed E-state index contributed by atoms with van der Waals surface area (Å²) >= 11 is 0. The van der Waals surface area contributed by atoms with Crippen molar-refractivity contribution in [3.8, 4) is 0 Å². The van der Waals surface area contributed by atoms with E-state index in [0.717, 1.165) is 59.3 Å². The maximum Gasteiger partial charge on any atom is 0.0263 e. The fraction of sp³-hybridized carbons (Fsp3) is 1.00. The summed E-state index contributed by atoms with van der Waals surface area (Å²) in [7, 11) is 0. The molecule has 6 atom stereocenters. The molecule has 0 N–H and O–H groups in total. The van der Waals surface area contributed by atoms with Gasteiger partial charge in [-0.1, -0.05) is 0 Å². The van der Waals surface area contributed by atoms with E-state index in [4.69, 9.17) is 0 Å². The fourth-order valence-corrected chi connectivity index (χ4v) is 8.88. The molecule has 3 aliphatic carbocycles. The largest absolute Gasteiger partial charge is 0.300 e. The highest BCUT2D eigenvalue weighted by molar-refractivity contribution is 5.26. The lowest BCUT2D eigenvalue weighted by molar-refractivity contribution is 0.0796. The van der Waals surface area contributed by atoms with E-state index in [1.165, 1.54) is 58.2 Å². The summed E-state index contributed by atoms with van der Waals surface area (Å²) in [5.41, 5.74) is 1.32. The average Bonchev–Trinajstić information content (AvgIpc) is 3.54. The van der Waals surface area contributed by atoms with Gasteiger partial charge in [-0.3, -0.25) is 9.80 Å². The van der Waals surface area contributed by atoms with Gasteiger partial charge in [-0.2, -0.15) is 0 Å². The van der Waals surface area contributed by atoms with Crippen molar-refractivity contribution in [3.63, 3.8) is 0 Å². The topological polar surface area (TPSA) is 9.72 Å². The van der Waals surface area contributed by atoms with Crippen molar-refractivity contribution in [3.05, 3.63) is 0 Å². The molecule has 3 saturated carbocycles. The van der Waals surface area contributed by atoms with Crippen LogP contribution in [0.5, 0.6) is 0 Å². The molecule has 6 aliphatic rings. The van der Waals surface area contributed by atoms with E-state index in [1.54, 1.807) is 0 Å². The van der Waals surface area contributed by atoms with Gasteiger partial charge in [0, 0.05) is 55.4 Å². The second-order valence-corrected chi connectivity index (χ2v) is 13.0. The van der Waals surface area contributed by atoms with Crippen molar-refractivity contribution in [1.82, 2.24) is 14.7 Å². The van der Waals surface area contributed by atoms with Gasteiger partial charge in [-0.25, -0.2) is 0 Å². The summed E-state index contributed by atoms with van der Waals surface area (Å²) in [5.74, 6) is 4.02. The van der Waals surface area contributed by atoms with Crippen molar-refractivity contribution in [2.45, 2.75) is 116 Å². The van der Waals surface area contributed by atoms with E-state index in [2.05, 4.69) is 56.2 Å². The van der Waals surface area contributed by atoms with Crippen LogP contribution in [-0.2, 0) is 0 Å². The van der Waals surface area contributed by atoms with E-state index in [0.29, 0.717) is 5.54 Å². The quantitative estimate of drug-likeness (QED) is 0.675. The van der Waals surface area contributed by atoms with Crippen LogP contribution in [0.4, 0.5) is 0 Å². The van der Waals surface area contributed by atoms with Gasteiger partial charge in [0.15, 0.2) is 0 Å². The molecule has 164 valence electrons. The van der Waals surface area contributed by atoms with Crippen molar-refractivity contribution in [2.75, 3.05) is 19.6 Å². The minimum atomic E-state index is 0.575. The zero-order valence-corrected chi connectivity index (χ0v) is 19.9. The molecule has 6 fully saturated rings. The second kappa shape index (κ2) is 6.23. The van der Waals surface area contributed by atoms with Crippen LogP contribution in [0.3, 0.4) is 0 Å². The third-order valence-corrected chi connectivity index (χ3v) is 10.5. The first-order valence-electron chi connectivity index (χ1n) is 13.0. The fourth-order valence-electron chi connectivity index (χ4n) is 8.88. The molecular formula is C26H45N3. The molecule has 0 bridgehead atoms. The molecule has 0 aromatic carbocycles. The number of nitrogens with zero attached hydrogens (tertiary/aromatic N) is 3.